The predicted molar refractivity (Wildman–Crippen MR) is 106 cm³/mol. The van der Waals surface area contributed by atoms with Crippen LogP contribution in [0.2, 0.25) is 0 Å². The molecule has 1 unspecified atom stereocenters. The smallest absolute Gasteiger partial charge is 0.0472 e. The Labute approximate surface area is 150 Å². The summed E-state index contributed by atoms with van der Waals surface area (Å²) in [5.41, 5.74) is 2.84. The Bertz CT molecular complexity index is 420. The summed E-state index contributed by atoms with van der Waals surface area (Å²) in [5.74, 6) is 0. The third kappa shape index (κ3) is 6.94. The first-order valence-corrected chi connectivity index (χ1v) is 10.3. The number of piperidine rings is 1. The molecule has 2 heteroatoms. The van der Waals surface area contributed by atoms with Gasteiger partial charge in [0.05, 0.1) is 0 Å². The van der Waals surface area contributed by atoms with Crippen LogP contribution in [0.1, 0.15) is 81.9 Å². The fourth-order valence-corrected chi connectivity index (χ4v) is 3.75. The monoisotopic (exact) mass is 330 g/mol. The van der Waals surface area contributed by atoms with Crippen molar-refractivity contribution in [3.8, 4) is 0 Å². The van der Waals surface area contributed by atoms with Gasteiger partial charge >= 0.3 is 0 Å². The number of hydrogen-bond donors (Lipinski definition) is 1. The molecule has 0 bridgehead atoms. The molecule has 1 aromatic rings. The molecule has 0 aliphatic carbocycles. The van der Waals surface area contributed by atoms with Gasteiger partial charge in [0.15, 0.2) is 0 Å². The molecule has 1 aliphatic rings. The third-order valence-electron chi connectivity index (χ3n) is 5.34. The second-order valence-corrected chi connectivity index (χ2v) is 7.50. The van der Waals surface area contributed by atoms with E-state index in [2.05, 4.69) is 48.3 Å². The van der Waals surface area contributed by atoms with Gasteiger partial charge in [-0.25, -0.2) is 0 Å². The first-order chi connectivity index (χ1) is 11.8. The highest BCUT2D eigenvalue weighted by molar-refractivity contribution is 5.24. The SMILES string of the molecule is CCCCCCCCNCC(c1ccc(C)cc1)N1CCCCC1. The normalized spacial score (nSPS) is 17.1. The second kappa shape index (κ2) is 11.7. The minimum absolute atomic E-state index is 0.547. The van der Waals surface area contributed by atoms with E-state index in [-0.39, 0.29) is 0 Å². The number of unbranched alkanes of at least 4 members (excludes halogenated alkanes) is 5. The highest BCUT2D eigenvalue weighted by Crippen LogP contribution is 2.24. The van der Waals surface area contributed by atoms with E-state index in [1.54, 1.807) is 0 Å². The summed E-state index contributed by atoms with van der Waals surface area (Å²) in [4.78, 5) is 2.70. The largest absolute Gasteiger partial charge is 0.315 e. The zero-order valence-electron chi connectivity index (χ0n) is 16.0. The molecule has 1 N–H and O–H groups in total. The predicted octanol–water partition coefficient (Wildman–Crippen LogP) is 5.47. The lowest BCUT2D eigenvalue weighted by atomic mass is 10.0. The van der Waals surface area contributed by atoms with Crippen LogP contribution in [0.25, 0.3) is 0 Å². The van der Waals surface area contributed by atoms with Crippen LogP contribution < -0.4 is 5.32 Å². The standard InChI is InChI=1S/C22H38N2/c1-3-4-5-6-7-9-16-23-19-22(24-17-10-8-11-18-24)21-14-12-20(2)13-15-21/h12-15,22-23H,3-11,16-19H2,1-2H3. The van der Waals surface area contributed by atoms with Crippen molar-refractivity contribution in [3.63, 3.8) is 0 Å². The zero-order chi connectivity index (χ0) is 17.0. The molecule has 24 heavy (non-hydrogen) atoms. The second-order valence-electron chi connectivity index (χ2n) is 7.50. The quantitative estimate of drug-likeness (QED) is 0.541. The Hall–Kier alpha value is -0.860. The van der Waals surface area contributed by atoms with Gasteiger partial charge in [-0.05, 0) is 51.4 Å². The molecule has 0 aromatic heterocycles. The highest BCUT2D eigenvalue weighted by Gasteiger charge is 2.21. The molecule has 2 nitrogen and oxygen atoms in total. The average Bonchev–Trinajstić information content (AvgIpc) is 2.62. The summed E-state index contributed by atoms with van der Waals surface area (Å²) in [6.45, 7) is 9.25. The van der Waals surface area contributed by atoms with E-state index in [9.17, 15) is 0 Å². The molecule has 0 saturated carbocycles. The molecule has 1 atom stereocenters. The van der Waals surface area contributed by atoms with Crippen LogP contribution in [-0.4, -0.2) is 31.1 Å². The number of nitrogens with one attached hydrogen (secondary N) is 1. The van der Waals surface area contributed by atoms with E-state index in [1.807, 2.05) is 0 Å². The van der Waals surface area contributed by atoms with Crippen molar-refractivity contribution in [1.82, 2.24) is 10.2 Å². The van der Waals surface area contributed by atoms with Crippen LogP contribution in [0.3, 0.4) is 0 Å². The van der Waals surface area contributed by atoms with Gasteiger partial charge in [-0.2, -0.15) is 0 Å². The Kier molecular flexibility index (Phi) is 9.45. The number of likely N-dealkylation sites (tertiary alicyclic amines) is 1. The lowest BCUT2D eigenvalue weighted by Gasteiger charge is -2.35. The molecular weight excluding hydrogens is 292 g/mol. The zero-order valence-corrected chi connectivity index (χ0v) is 16.0. The summed E-state index contributed by atoms with van der Waals surface area (Å²) in [5, 5.41) is 3.75. The van der Waals surface area contributed by atoms with E-state index >= 15 is 0 Å². The molecule has 1 aliphatic heterocycles. The third-order valence-corrected chi connectivity index (χ3v) is 5.34. The van der Waals surface area contributed by atoms with Crippen LogP contribution in [0, 0.1) is 6.92 Å². The van der Waals surface area contributed by atoms with Crippen molar-refractivity contribution in [2.45, 2.75) is 77.7 Å². The lowest BCUT2D eigenvalue weighted by molar-refractivity contribution is 0.160. The van der Waals surface area contributed by atoms with E-state index in [1.165, 1.54) is 88.5 Å². The molecule has 1 heterocycles. The number of benzene rings is 1. The van der Waals surface area contributed by atoms with Crippen LogP contribution in [-0.2, 0) is 0 Å². The van der Waals surface area contributed by atoms with E-state index in [0.717, 1.165) is 6.54 Å². The van der Waals surface area contributed by atoms with Crippen molar-refractivity contribution in [3.05, 3.63) is 35.4 Å². The maximum Gasteiger partial charge on any atom is 0.0472 e. The summed E-state index contributed by atoms with van der Waals surface area (Å²) in [6, 6.07) is 9.74. The number of aryl methyl sites for hydroxylation is 1. The van der Waals surface area contributed by atoms with Crippen molar-refractivity contribution in [2.24, 2.45) is 0 Å². The van der Waals surface area contributed by atoms with Crippen LogP contribution in [0.5, 0.6) is 0 Å². The minimum atomic E-state index is 0.547. The first-order valence-electron chi connectivity index (χ1n) is 10.3. The Morgan fingerprint density at radius 3 is 2.29 bits per heavy atom. The van der Waals surface area contributed by atoms with Gasteiger partial charge in [0, 0.05) is 12.6 Å². The topological polar surface area (TPSA) is 15.3 Å². The van der Waals surface area contributed by atoms with Gasteiger partial charge in [-0.1, -0.05) is 75.3 Å². The summed E-state index contributed by atoms with van der Waals surface area (Å²) < 4.78 is 0. The minimum Gasteiger partial charge on any atom is -0.315 e. The number of hydrogen-bond acceptors (Lipinski definition) is 2. The van der Waals surface area contributed by atoms with Crippen molar-refractivity contribution in [1.29, 1.82) is 0 Å². The highest BCUT2D eigenvalue weighted by atomic mass is 15.2. The van der Waals surface area contributed by atoms with Gasteiger partial charge in [-0.15, -0.1) is 0 Å². The van der Waals surface area contributed by atoms with E-state index < -0.39 is 0 Å². The van der Waals surface area contributed by atoms with Gasteiger partial charge in [0.25, 0.3) is 0 Å². The van der Waals surface area contributed by atoms with Crippen molar-refractivity contribution < 1.29 is 0 Å². The van der Waals surface area contributed by atoms with Gasteiger partial charge in [-0.3, -0.25) is 4.90 Å². The molecule has 0 amide bonds. The summed E-state index contributed by atoms with van der Waals surface area (Å²) >= 11 is 0. The van der Waals surface area contributed by atoms with E-state index in [4.69, 9.17) is 0 Å². The van der Waals surface area contributed by atoms with Crippen LogP contribution >= 0.6 is 0 Å². The fraction of sp³-hybridized carbons (Fsp3) is 0.727. The Morgan fingerprint density at radius 1 is 0.917 bits per heavy atom. The number of rotatable bonds is 11. The Morgan fingerprint density at radius 2 is 1.58 bits per heavy atom. The first kappa shape index (κ1) is 19.5. The molecule has 2 rings (SSSR count). The van der Waals surface area contributed by atoms with Gasteiger partial charge < -0.3 is 5.32 Å². The molecule has 0 spiro atoms. The van der Waals surface area contributed by atoms with Crippen LogP contribution in [0.15, 0.2) is 24.3 Å². The Balaban J connectivity index is 1.77. The number of nitrogens with zero attached hydrogens (tertiary/aromatic N) is 1. The molecule has 0 radical (unpaired) electrons. The van der Waals surface area contributed by atoms with E-state index in [0.29, 0.717) is 6.04 Å². The maximum atomic E-state index is 3.75. The van der Waals surface area contributed by atoms with Crippen molar-refractivity contribution >= 4 is 0 Å². The molecule has 136 valence electrons. The summed E-state index contributed by atoms with van der Waals surface area (Å²) in [6.07, 6.45) is 12.4. The van der Waals surface area contributed by atoms with Crippen LogP contribution in [0.4, 0.5) is 0 Å². The average molecular weight is 331 g/mol. The van der Waals surface area contributed by atoms with Crippen molar-refractivity contribution in [2.75, 3.05) is 26.2 Å². The van der Waals surface area contributed by atoms with Gasteiger partial charge in [0.1, 0.15) is 0 Å². The maximum absolute atomic E-state index is 3.75. The van der Waals surface area contributed by atoms with Gasteiger partial charge in [0.2, 0.25) is 0 Å². The fourth-order valence-electron chi connectivity index (χ4n) is 3.75. The summed E-state index contributed by atoms with van der Waals surface area (Å²) in [7, 11) is 0. The molecular formula is C22H38N2. The molecule has 1 aromatic carbocycles. The molecule has 1 saturated heterocycles. The molecule has 1 fully saturated rings. The lowest BCUT2D eigenvalue weighted by Crippen LogP contribution is -2.39.